The summed E-state index contributed by atoms with van der Waals surface area (Å²) in [7, 11) is 0. The van der Waals surface area contributed by atoms with Crippen LogP contribution in [0.2, 0.25) is 0 Å². The van der Waals surface area contributed by atoms with Gasteiger partial charge in [-0.25, -0.2) is 4.98 Å². The quantitative estimate of drug-likeness (QED) is 0.736. The molecule has 1 aliphatic rings. The number of nitrogens with zero attached hydrogens (tertiary/aromatic N) is 1. The third-order valence-corrected chi connectivity index (χ3v) is 2.95. The van der Waals surface area contributed by atoms with Crippen LogP contribution in [0.5, 0.6) is 0 Å². The molecule has 0 amide bonds. The highest BCUT2D eigenvalue weighted by atomic mass is 16.3. The van der Waals surface area contributed by atoms with Gasteiger partial charge in [-0.1, -0.05) is 6.07 Å². The first-order valence-electron chi connectivity index (χ1n) is 5.70. The van der Waals surface area contributed by atoms with Crippen LogP contribution in [0, 0.1) is 0 Å². The number of benzene rings is 1. The van der Waals surface area contributed by atoms with Crippen LogP contribution in [0.4, 0.5) is 0 Å². The zero-order chi connectivity index (χ0) is 11.0. The summed E-state index contributed by atoms with van der Waals surface area (Å²) in [5, 5.41) is 0. The molecule has 0 N–H and O–H groups in total. The summed E-state index contributed by atoms with van der Waals surface area (Å²) in [6, 6.07) is 5.98. The van der Waals surface area contributed by atoms with Crippen molar-refractivity contribution in [2.45, 2.75) is 31.6 Å². The maximum absolute atomic E-state index is 10.3. The second-order valence-corrected chi connectivity index (χ2v) is 4.33. The monoisotopic (exact) mass is 215 g/mol. The Morgan fingerprint density at radius 2 is 2.31 bits per heavy atom. The van der Waals surface area contributed by atoms with Gasteiger partial charge in [-0.15, -0.1) is 0 Å². The first-order chi connectivity index (χ1) is 7.86. The lowest BCUT2D eigenvalue weighted by molar-refractivity contribution is -0.107. The van der Waals surface area contributed by atoms with Crippen molar-refractivity contribution in [2.24, 2.45) is 0 Å². The molecule has 3 heteroatoms. The maximum Gasteiger partial charge on any atom is 0.198 e. The molecule has 0 radical (unpaired) electrons. The van der Waals surface area contributed by atoms with Crippen molar-refractivity contribution < 1.29 is 9.21 Å². The molecule has 0 atom stereocenters. The number of rotatable bonds is 4. The zero-order valence-electron chi connectivity index (χ0n) is 8.98. The van der Waals surface area contributed by atoms with Crippen molar-refractivity contribution in [3.8, 4) is 0 Å². The van der Waals surface area contributed by atoms with Crippen molar-refractivity contribution in [3.05, 3.63) is 29.7 Å². The van der Waals surface area contributed by atoms with Crippen LogP contribution >= 0.6 is 0 Å². The molecule has 1 aromatic carbocycles. The fourth-order valence-corrected chi connectivity index (χ4v) is 1.88. The third-order valence-electron chi connectivity index (χ3n) is 2.95. The lowest BCUT2D eigenvalue weighted by Gasteiger charge is -1.95. The van der Waals surface area contributed by atoms with E-state index in [0.29, 0.717) is 12.3 Å². The lowest BCUT2D eigenvalue weighted by Crippen LogP contribution is -1.85. The van der Waals surface area contributed by atoms with Crippen LogP contribution in [0.25, 0.3) is 11.1 Å². The maximum atomic E-state index is 10.3. The minimum Gasteiger partial charge on any atom is -0.440 e. The van der Waals surface area contributed by atoms with Crippen LogP contribution in [0.15, 0.2) is 22.6 Å². The van der Waals surface area contributed by atoms with Gasteiger partial charge < -0.3 is 9.21 Å². The Bertz CT molecular complexity index is 526. The average Bonchev–Trinajstić information content (AvgIpc) is 3.06. The van der Waals surface area contributed by atoms with E-state index in [1.807, 2.05) is 18.2 Å². The van der Waals surface area contributed by atoms with E-state index in [2.05, 4.69) is 4.98 Å². The van der Waals surface area contributed by atoms with E-state index in [4.69, 9.17) is 4.42 Å². The molecular formula is C13H13NO2. The molecule has 3 nitrogen and oxygen atoms in total. The molecular weight excluding hydrogens is 202 g/mol. The smallest absolute Gasteiger partial charge is 0.198 e. The summed E-state index contributed by atoms with van der Waals surface area (Å²) in [5.74, 6) is 1.42. The predicted octanol–water partition coefficient (Wildman–Crippen LogP) is 2.84. The van der Waals surface area contributed by atoms with Gasteiger partial charge in [0.15, 0.2) is 11.5 Å². The number of hydrogen-bond donors (Lipinski definition) is 0. The number of fused-ring (bicyclic) bond motifs is 1. The van der Waals surface area contributed by atoms with Gasteiger partial charge in [-0.3, -0.25) is 0 Å². The minimum absolute atomic E-state index is 0.547. The number of carbonyl (C=O) groups excluding carboxylic acids is 1. The van der Waals surface area contributed by atoms with Crippen LogP contribution < -0.4 is 0 Å². The summed E-state index contributed by atoms with van der Waals surface area (Å²) in [6.07, 6.45) is 4.70. The van der Waals surface area contributed by atoms with E-state index in [9.17, 15) is 4.79 Å². The molecule has 1 aliphatic carbocycles. The van der Waals surface area contributed by atoms with Crippen LogP contribution in [0.3, 0.4) is 0 Å². The van der Waals surface area contributed by atoms with Gasteiger partial charge in [-0.2, -0.15) is 0 Å². The summed E-state index contributed by atoms with van der Waals surface area (Å²) in [5.41, 5.74) is 2.93. The normalized spacial score (nSPS) is 15.5. The summed E-state index contributed by atoms with van der Waals surface area (Å²) < 4.78 is 5.67. The van der Waals surface area contributed by atoms with Gasteiger partial charge in [0.2, 0.25) is 0 Å². The zero-order valence-corrected chi connectivity index (χ0v) is 8.98. The number of aldehydes is 1. The summed E-state index contributed by atoms with van der Waals surface area (Å²) in [6.45, 7) is 0. The fraction of sp³-hybridized carbons (Fsp3) is 0.385. The molecule has 1 aromatic heterocycles. The highest BCUT2D eigenvalue weighted by Crippen LogP contribution is 2.40. The molecule has 1 saturated carbocycles. The SMILES string of the molecule is O=CCCc1ccc2oc(C3CC3)nc2c1. The van der Waals surface area contributed by atoms with Crippen LogP contribution in [-0.4, -0.2) is 11.3 Å². The highest BCUT2D eigenvalue weighted by Gasteiger charge is 2.28. The highest BCUT2D eigenvalue weighted by molar-refractivity contribution is 5.73. The second-order valence-electron chi connectivity index (χ2n) is 4.33. The molecule has 16 heavy (non-hydrogen) atoms. The van der Waals surface area contributed by atoms with E-state index in [-0.39, 0.29) is 0 Å². The Labute approximate surface area is 93.5 Å². The Morgan fingerprint density at radius 3 is 3.06 bits per heavy atom. The van der Waals surface area contributed by atoms with Gasteiger partial charge in [0, 0.05) is 12.3 Å². The van der Waals surface area contributed by atoms with Gasteiger partial charge in [-0.05, 0) is 37.0 Å². The van der Waals surface area contributed by atoms with Gasteiger partial charge in [0.25, 0.3) is 0 Å². The molecule has 82 valence electrons. The Hall–Kier alpha value is -1.64. The number of aromatic nitrogens is 1. The van der Waals surface area contributed by atoms with Gasteiger partial charge >= 0.3 is 0 Å². The van der Waals surface area contributed by atoms with E-state index in [0.717, 1.165) is 35.3 Å². The molecule has 1 fully saturated rings. The first kappa shape index (κ1) is 9.58. The van der Waals surface area contributed by atoms with E-state index >= 15 is 0 Å². The standard InChI is InChI=1S/C13H13NO2/c15-7-1-2-9-3-6-12-11(8-9)14-13(16-12)10-4-5-10/h3,6-8,10H,1-2,4-5H2. The van der Waals surface area contributed by atoms with Crippen molar-refractivity contribution in [2.75, 3.05) is 0 Å². The first-order valence-corrected chi connectivity index (χ1v) is 5.70. The number of oxazole rings is 1. The Kier molecular flexibility index (Phi) is 2.24. The number of hydrogen-bond acceptors (Lipinski definition) is 3. The van der Waals surface area contributed by atoms with Crippen LogP contribution in [-0.2, 0) is 11.2 Å². The Morgan fingerprint density at radius 1 is 1.44 bits per heavy atom. The second kappa shape index (κ2) is 3.74. The molecule has 2 aromatic rings. The minimum atomic E-state index is 0.547. The lowest BCUT2D eigenvalue weighted by atomic mass is 10.1. The molecule has 0 saturated heterocycles. The van der Waals surface area contributed by atoms with Gasteiger partial charge in [0.1, 0.15) is 11.8 Å². The van der Waals surface area contributed by atoms with Gasteiger partial charge in [0.05, 0.1) is 0 Å². The third kappa shape index (κ3) is 1.73. The summed E-state index contributed by atoms with van der Waals surface area (Å²) in [4.78, 5) is 14.8. The van der Waals surface area contributed by atoms with Crippen molar-refractivity contribution in [3.63, 3.8) is 0 Å². The molecule has 1 heterocycles. The molecule has 0 spiro atoms. The van der Waals surface area contributed by atoms with E-state index in [1.54, 1.807) is 0 Å². The molecule has 3 rings (SSSR count). The summed E-state index contributed by atoms with van der Waals surface area (Å²) >= 11 is 0. The molecule has 0 unspecified atom stereocenters. The van der Waals surface area contributed by atoms with E-state index in [1.165, 1.54) is 12.8 Å². The number of aryl methyl sites for hydroxylation is 1. The largest absolute Gasteiger partial charge is 0.440 e. The van der Waals surface area contributed by atoms with Crippen LogP contribution in [0.1, 0.15) is 36.6 Å². The van der Waals surface area contributed by atoms with Crippen molar-refractivity contribution in [1.82, 2.24) is 4.98 Å². The average molecular weight is 215 g/mol. The number of carbonyl (C=O) groups is 1. The van der Waals surface area contributed by atoms with Crippen molar-refractivity contribution >= 4 is 17.4 Å². The Balaban J connectivity index is 1.93. The topological polar surface area (TPSA) is 43.1 Å². The van der Waals surface area contributed by atoms with E-state index < -0.39 is 0 Å². The predicted molar refractivity (Wildman–Crippen MR) is 60.4 cm³/mol. The van der Waals surface area contributed by atoms with Crippen molar-refractivity contribution in [1.29, 1.82) is 0 Å². The molecule has 0 bridgehead atoms. The molecule has 0 aliphatic heterocycles. The fourth-order valence-electron chi connectivity index (χ4n) is 1.88.